The Labute approximate surface area is 131 Å². The summed E-state index contributed by atoms with van der Waals surface area (Å²) in [5.41, 5.74) is 1.42. The zero-order chi connectivity index (χ0) is 16.1. The summed E-state index contributed by atoms with van der Waals surface area (Å²) < 4.78 is 0. The van der Waals surface area contributed by atoms with Crippen molar-refractivity contribution in [3.63, 3.8) is 0 Å². The molecule has 22 heavy (non-hydrogen) atoms. The molecule has 1 N–H and O–H groups in total. The van der Waals surface area contributed by atoms with Crippen molar-refractivity contribution in [1.29, 1.82) is 0 Å². The van der Waals surface area contributed by atoms with Crippen LogP contribution in [-0.2, 0) is 4.79 Å². The highest BCUT2D eigenvalue weighted by Gasteiger charge is 2.28. The van der Waals surface area contributed by atoms with Crippen LogP contribution in [-0.4, -0.2) is 48.9 Å². The summed E-state index contributed by atoms with van der Waals surface area (Å²) in [4.78, 5) is 27.5. The molecule has 1 aliphatic rings. The van der Waals surface area contributed by atoms with E-state index in [4.69, 9.17) is 6.42 Å². The molecule has 0 aromatic heterocycles. The first-order valence-electron chi connectivity index (χ1n) is 7.35. The molecule has 1 saturated heterocycles. The average molecular weight is 299 g/mol. The number of carbonyl (C=O) groups is 2. The maximum Gasteiger partial charge on any atom is 0.321 e. The molecule has 1 aromatic rings. The Kier molecular flexibility index (Phi) is 5.05. The second kappa shape index (κ2) is 6.99. The highest BCUT2D eigenvalue weighted by Crippen LogP contribution is 2.20. The smallest absolute Gasteiger partial charge is 0.321 e. The minimum absolute atomic E-state index is 0.0174. The predicted octanol–water partition coefficient (Wildman–Crippen LogP) is 2.00. The van der Waals surface area contributed by atoms with E-state index >= 15 is 0 Å². The van der Waals surface area contributed by atoms with E-state index < -0.39 is 0 Å². The fourth-order valence-corrected chi connectivity index (χ4v) is 2.58. The Bertz CT molecular complexity index is 596. The second-order valence-corrected chi connectivity index (χ2v) is 5.65. The van der Waals surface area contributed by atoms with Gasteiger partial charge in [-0.2, -0.15) is 0 Å². The van der Waals surface area contributed by atoms with Gasteiger partial charge in [-0.05, 0) is 31.0 Å². The van der Waals surface area contributed by atoms with Crippen molar-refractivity contribution in [2.24, 2.45) is 5.92 Å². The fourth-order valence-electron chi connectivity index (χ4n) is 2.58. The third kappa shape index (κ3) is 3.79. The van der Waals surface area contributed by atoms with E-state index in [1.54, 1.807) is 36.0 Å². The average Bonchev–Trinajstić information content (AvgIpc) is 2.54. The van der Waals surface area contributed by atoms with Gasteiger partial charge >= 0.3 is 6.03 Å². The third-order valence-corrected chi connectivity index (χ3v) is 3.85. The number of amides is 3. The van der Waals surface area contributed by atoms with Crippen molar-refractivity contribution in [3.8, 4) is 12.3 Å². The molecule has 0 unspecified atom stereocenters. The first-order chi connectivity index (χ1) is 10.5. The third-order valence-electron chi connectivity index (χ3n) is 3.85. The van der Waals surface area contributed by atoms with Crippen LogP contribution in [0.1, 0.15) is 18.4 Å². The fraction of sp³-hybridized carbons (Fsp3) is 0.412. The molecule has 0 saturated carbocycles. The topological polar surface area (TPSA) is 52.7 Å². The van der Waals surface area contributed by atoms with Gasteiger partial charge in [-0.15, -0.1) is 6.42 Å². The summed E-state index contributed by atoms with van der Waals surface area (Å²) in [6.45, 7) is 1.18. The number of rotatable bonds is 2. The van der Waals surface area contributed by atoms with Crippen LogP contribution in [0.2, 0.25) is 0 Å². The predicted molar refractivity (Wildman–Crippen MR) is 86.4 cm³/mol. The largest absolute Gasteiger partial charge is 0.349 e. The molecule has 2 rings (SSSR count). The van der Waals surface area contributed by atoms with Crippen LogP contribution in [0.4, 0.5) is 10.5 Å². The van der Waals surface area contributed by atoms with Gasteiger partial charge in [0.05, 0.1) is 0 Å². The van der Waals surface area contributed by atoms with Gasteiger partial charge in [-0.3, -0.25) is 4.79 Å². The molecule has 5 nitrogen and oxygen atoms in total. The molecular formula is C17H21N3O2. The van der Waals surface area contributed by atoms with Crippen molar-refractivity contribution in [2.45, 2.75) is 12.8 Å². The molecule has 1 aliphatic heterocycles. The lowest BCUT2D eigenvalue weighted by Gasteiger charge is -2.32. The van der Waals surface area contributed by atoms with Crippen LogP contribution in [0, 0.1) is 18.3 Å². The normalized spacial score (nSPS) is 15.0. The molecule has 3 amide bonds. The van der Waals surface area contributed by atoms with Gasteiger partial charge in [0.2, 0.25) is 5.91 Å². The number of hydrogen-bond acceptors (Lipinski definition) is 2. The van der Waals surface area contributed by atoms with E-state index in [9.17, 15) is 9.59 Å². The number of terminal acetylenes is 1. The molecule has 5 heteroatoms. The number of nitrogens with one attached hydrogen (secondary N) is 1. The molecule has 1 fully saturated rings. The van der Waals surface area contributed by atoms with Crippen molar-refractivity contribution < 1.29 is 9.59 Å². The number of nitrogens with zero attached hydrogens (tertiary/aromatic N) is 2. The number of carbonyl (C=O) groups excluding carboxylic acids is 2. The standard InChI is InChI=1S/C17H21N3O2/c1-4-13-6-5-7-15(12-13)18-17(22)20-10-8-14(9-11-20)16(21)19(2)3/h1,5-7,12,14H,8-11H2,2-3H3,(H,18,22). The van der Waals surface area contributed by atoms with Gasteiger partial charge in [0, 0.05) is 44.4 Å². The van der Waals surface area contributed by atoms with E-state index in [-0.39, 0.29) is 17.9 Å². The zero-order valence-corrected chi connectivity index (χ0v) is 13.0. The van der Waals surface area contributed by atoms with Crippen LogP contribution >= 0.6 is 0 Å². The summed E-state index contributed by atoms with van der Waals surface area (Å²) >= 11 is 0. The maximum absolute atomic E-state index is 12.2. The number of benzene rings is 1. The van der Waals surface area contributed by atoms with Crippen LogP contribution < -0.4 is 5.32 Å². The molecule has 0 atom stereocenters. The maximum atomic E-state index is 12.2. The minimum atomic E-state index is -0.148. The summed E-state index contributed by atoms with van der Waals surface area (Å²) in [6, 6.07) is 7.05. The lowest BCUT2D eigenvalue weighted by molar-refractivity contribution is -0.134. The van der Waals surface area contributed by atoms with Gasteiger partial charge in [0.25, 0.3) is 0 Å². The highest BCUT2D eigenvalue weighted by molar-refractivity contribution is 5.89. The molecule has 1 heterocycles. The lowest BCUT2D eigenvalue weighted by atomic mass is 9.96. The van der Waals surface area contributed by atoms with E-state index in [1.165, 1.54) is 0 Å². The van der Waals surface area contributed by atoms with Crippen LogP contribution in [0.25, 0.3) is 0 Å². The van der Waals surface area contributed by atoms with E-state index in [0.717, 1.165) is 5.56 Å². The van der Waals surface area contributed by atoms with Crippen molar-refractivity contribution in [1.82, 2.24) is 9.80 Å². The van der Waals surface area contributed by atoms with E-state index in [2.05, 4.69) is 11.2 Å². The van der Waals surface area contributed by atoms with Gasteiger partial charge in [-0.25, -0.2) is 4.79 Å². The number of likely N-dealkylation sites (tertiary alicyclic amines) is 1. The molecule has 0 spiro atoms. The van der Waals surface area contributed by atoms with Crippen molar-refractivity contribution >= 4 is 17.6 Å². The Morgan fingerprint density at radius 1 is 1.32 bits per heavy atom. The summed E-state index contributed by atoms with van der Waals surface area (Å²) in [5, 5.41) is 2.85. The molecule has 0 aliphatic carbocycles. The molecule has 0 bridgehead atoms. The van der Waals surface area contributed by atoms with E-state index in [1.807, 2.05) is 12.1 Å². The van der Waals surface area contributed by atoms with Crippen LogP contribution in [0.15, 0.2) is 24.3 Å². The summed E-state index contributed by atoms with van der Waals surface area (Å²) in [5.74, 6) is 2.70. The lowest BCUT2D eigenvalue weighted by Crippen LogP contribution is -2.44. The second-order valence-electron chi connectivity index (χ2n) is 5.65. The number of anilines is 1. The summed E-state index contributed by atoms with van der Waals surface area (Å²) in [6.07, 6.45) is 6.76. The molecule has 1 aromatic carbocycles. The van der Waals surface area contributed by atoms with Gasteiger partial charge in [-0.1, -0.05) is 12.0 Å². The van der Waals surface area contributed by atoms with Crippen molar-refractivity contribution in [3.05, 3.63) is 29.8 Å². The Hall–Kier alpha value is -2.48. The Morgan fingerprint density at radius 3 is 2.59 bits per heavy atom. The van der Waals surface area contributed by atoms with Gasteiger partial charge in [0.15, 0.2) is 0 Å². The number of hydrogen-bond donors (Lipinski definition) is 1. The van der Waals surface area contributed by atoms with Crippen LogP contribution in [0.3, 0.4) is 0 Å². The highest BCUT2D eigenvalue weighted by atomic mass is 16.2. The zero-order valence-electron chi connectivity index (χ0n) is 13.0. The quantitative estimate of drug-likeness (QED) is 0.849. The number of piperidine rings is 1. The van der Waals surface area contributed by atoms with Gasteiger partial charge in [0.1, 0.15) is 0 Å². The first kappa shape index (κ1) is 15.9. The molecule has 0 radical (unpaired) electrons. The minimum Gasteiger partial charge on any atom is -0.349 e. The van der Waals surface area contributed by atoms with E-state index in [0.29, 0.717) is 31.6 Å². The molecular weight excluding hydrogens is 278 g/mol. The van der Waals surface area contributed by atoms with Crippen molar-refractivity contribution in [2.75, 3.05) is 32.5 Å². The Morgan fingerprint density at radius 2 is 2.00 bits per heavy atom. The summed E-state index contributed by atoms with van der Waals surface area (Å²) in [7, 11) is 3.53. The van der Waals surface area contributed by atoms with Gasteiger partial charge < -0.3 is 15.1 Å². The molecule has 116 valence electrons. The Balaban J connectivity index is 1.90. The SMILES string of the molecule is C#Cc1cccc(NC(=O)N2CCC(C(=O)N(C)C)CC2)c1. The number of urea groups is 1. The first-order valence-corrected chi connectivity index (χ1v) is 7.35. The monoisotopic (exact) mass is 299 g/mol. The van der Waals surface area contributed by atoms with Crippen LogP contribution in [0.5, 0.6) is 0 Å².